The summed E-state index contributed by atoms with van der Waals surface area (Å²) in [5, 5.41) is 10.5. The number of amides is 1. The molecule has 1 aliphatic heterocycles. The summed E-state index contributed by atoms with van der Waals surface area (Å²) in [5.41, 5.74) is -0.131. The minimum absolute atomic E-state index is 0.0647. The summed E-state index contributed by atoms with van der Waals surface area (Å²) in [4.78, 5) is 38.5. The van der Waals surface area contributed by atoms with E-state index < -0.39 is 29.1 Å². The van der Waals surface area contributed by atoms with E-state index in [0.717, 1.165) is 0 Å². The van der Waals surface area contributed by atoms with Crippen molar-refractivity contribution in [2.45, 2.75) is 40.2 Å². The Hall–Kier alpha value is -2.67. The first-order chi connectivity index (χ1) is 13.1. The van der Waals surface area contributed by atoms with E-state index in [-0.39, 0.29) is 11.4 Å². The summed E-state index contributed by atoms with van der Waals surface area (Å²) in [6.07, 6.45) is 0.548. The van der Waals surface area contributed by atoms with Crippen molar-refractivity contribution < 1.29 is 29.0 Å². The Morgan fingerprint density at radius 2 is 1.93 bits per heavy atom. The summed E-state index contributed by atoms with van der Waals surface area (Å²) in [7, 11) is 1.57. The molecule has 7 nitrogen and oxygen atoms in total. The Balaban J connectivity index is 2.52. The van der Waals surface area contributed by atoms with E-state index in [2.05, 4.69) is 0 Å². The van der Waals surface area contributed by atoms with Crippen molar-refractivity contribution in [3.05, 3.63) is 41.2 Å². The molecule has 152 valence electrons. The van der Waals surface area contributed by atoms with Gasteiger partial charge in [-0.15, -0.1) is 0 Å². The molecule has 1 atom stereocenters. The highest BCUT2D eigenvalue weighted by molar-refractivity contribution is 6.10. The molecular formula is C21H27NO6. The Morgan fingerprint density at radius 3 is 2.50 bits per heavy atom. The van der Waals surface area contributed by atoms with Crippen LogP contribution in [0.4, 0.5) is 0 Å². The van der Waals surface area contributed by atoms with E-state index in [0.29, 0.717) is 30.9 Å². The molecule has 0 bridgehead atoms. The normalized spacial score (nSPS) is 17.2. The number of nitrogens with zero attached hydrogens (tertiary/aromatic N) is 1. The van der Waals surface area contributed by atoms with Crippen LogP contribution >= 0.6 is 0 Å². The molecule has 0 saturated heterocycles. The van der Waals surface area contributed by atoms with E-state index in [4.69, 9.17) is 9.47 Å². The van der Waals surface area contributed by atoms with Crippen molar-refractivity contribution >= 4 is 17.7 Å². The third-order valence-corrected chi connectivity index (χ3v) is 4.41. The first-order valence-electron chi connectivity index (χ1n) is 9.14. The zero-order valence-corrected chi connectivity index (χ0v) is 16.9. The Labute approximate surface area is 164 Å². The molecule has 7 heteroatoms. The fourth-order valence-corrected chi connectivity index (χ4v) is 3.16. The second-order valence-corrected chi connectivity index (χ2v) is 7.75. The highest BCUT2D eigenvalue weighted by atomic mass is 16.5. The second kappa shape index (κ2) is 8.56. The molecule has 1 amide bonds. The van der Waals surface area contributed by atoms with Crippen LogP contribution in [0.25, 0.3) is 0 Å². The van der Waals surface area contributed by atoms with Crippen LogP contribution in [-0.4, -0.2) is 47.9 Å². The number of ether oxygens (including phenoxy) is 2. The summed E-state index contributed by atoms with van der Waals surface area (Å²) in [6.45, 7) is 7.25. The maximum absolute atomic E-state index is 13.0. The largest absolute Gasteiger partial charge is 0.503 e. The lowest BCUT2D eigenvalue weighted by Crippen LogP contribution is -2.34. The van der Waals surface area contributed by atoms with Crippen LogP contribution in [0.1, 0.15) is 45.7 Å². The highest BCUT2D eigenvalue weighted by Crippen LogP contribution is 2.41. The number of aliphatic hydroxyl groups excluding tert-OH is 1. The van der Waals surface area contributed by atoms with Gasteiger partial charge >= 0.3 is 5.97 Å². The Kier molecular flexibility index (Phi) is 6.61. The predicted molar refractivity (Wildman–Crippen MR) is 103 cm³/mol. The molecule has 1 aromatic carbocycles. The van der Waals surface area contributed by atoms with Crippen LogP contribution < -0.4 is 4.74 Å². The average Bonchev–Trinajstić information content (AvgIpc) is 2.85. The van der Waals surface area contributed by atoms with Crippen LogP contribution in [-0.2, 0) is 19.1 Å². The maximum Gasteiger partial charge on any atom is 0.308 e. The smallest absolute Gasteiger partial charge is 0.308 e. The summed E-state index contributed by atoms with van der Waals surface area (Å²) in [6, 6.07) is 5.89. The summed E-state index contributed by atoms with van der Waals surface area (Å²) in [5.74, 6) is -1.59. The first-order valence-corrected chi connectivity index (χ1v) is 9.14. The number of carbonyl (C=O) groups excluding carboxylic acids is 3. The number of methoxy groups -OCH3 is 1. The Morgan fingerprint density at radius 1 is 1.25 bits per heavy atom. The fourth-order valence-electron chi connectivity index (χ4n) is 3.16. The molecule has 0 radical (unpaired) electrons. The van der Waals surface area contributed by atoms with Crippen molar-refractivity contribution in [1.82, 2.24) is 4.90 Å². The van der Waals surface area contributed by atoms with Crippen molar-refractivity contribution in [2.24, 2.45) is 5.41 Å². The van der Waals surface area contributed by atoms with Gasteiger partial charge in [0.15, 0.2) is 11.5 Å². The van der Waals surface area contributed by atoms with E-state index in [1.165, 1.54) is 11.8 Å². The van der Waals surface area contributed by atoms with Crippen LogP contribution in [0.5, 0.6) is 5.75 Å². The zero-order valence-electron chi connectivity index (χ0n) is 16.9. The molecule has 0 spiro atoms. The van der Waals surface area contributed by atoms with Gasteiger partial charge in [-0.1, -0.05) is 32.9 Å². The van der Waals surface area contributed by atoms with Crippen LogP contribution in [0.2, 0.25) is 0 Å². The van der Waals surface area contributed by atoms with Gasteiger partial charge in [-0.3, -0.25) is 14.4 Å². The number of aliphatic hydroxyl groups is 1. The van der Waals surface area contributed by atoms with Gasteiger partial charge in [0, 0.05) is 32.6 Å². The van der Waals surface area contributed by atoms with Gasteiger partial charge < -0.3 is 19.5 Å². The van der Waals surface area contributed by atoms with Gasteiger partial charge in [0.25, 0.3) is 5.91 Å². The molecule has 1 aromatic rings. The predicted octanol–water partition coefficient (Wildman–Crippen LogP) is 2.96. The number of carbonyl (C=O) groups is 3. The summed E-state index contributed by atoms with van der Waals surface area (Å²) < 4.78 is 10.2. The van der Waals surface area contributed by atoms with Gasteiger partial charge in [-0.25, -0.2) is 0 Å². The molecule has 1 heterocycles. The van der Waals surface area contributed by atoms with Gasteiger partial charge in [-0.2, -0.15) is 0 Å². The van der Waals surface area contributed by atoms with E-state index >= 15 is 0 Å². The Bertz CT molecular complexity index is 805. The van der Waals surface area contributed by atoms with Crippen LogP contribution in [0.3, 0.4) is 0 Å². The third kappa shape index (κ3) is 4.59. The molecule has 1 N–H and O–H groups in total. The quantitative estimate of drug-likeness (QED) is 0.438. The standard InChI is InChI=1S/C21H27NO6/c1-13(23)28-15-9-6-8-14(12-15)17-16(19(25)21(2,3)4)18(24)20(26)22(17)10-7-11-27-5/h6,8-9,12,17,24H,7,10-11H2,1-5H3. The minimum atomic E-state index is -0.780. The van der Waals surface area contributed by atoms with Crippen LogP contribution in [0.15, 0.2) is 35.6 Å². The van der Waals surface area contributed by atoms with Gasteiger partial charge in [-0.05, 0) is 24.1 Å². The van der Waals surface area contributed by atoms with Crippen molar-refractivity contribution in [1.29, 1.82) is 0 Å². The van der Waals surface area contributed by atoms with Crippen molar-refractivity contribution in [3.8, 4) is 5.75 Å². The number of rotatable bonds is 7. The van der Waals surface area contributed by atoms with Crippen LogP contribution in [0, 0.1) is 5.41 Å². The lowest BCUT2D eigenvalue weighted by molar-refractivity contribution is -0.132. The minimum Gasteiger partial charge on any atom is -0.503 e. The fraction of sp³-hybridized carbons (Fsp3) is 0.476. The van der Waals surface area contributed by atoms with Crippen molar-refractivity contribution in [3.63, 3.8) is 0 Å². The maximum atomic E-state index is 13.0. The van der Waals surface area contributed by atoms with E-state index in [1.807, 2.05) is 0 Å². The molecular weight excluding hydrogens is 362 g/mol. The van der Waals surface area contributed by atoms with Gasteiger partial charge in [0.1, 0.15) is 5.75 Å². The van der Waals surface area contributed by atoms with Gasteiger partial charge in [0.05, 0.1) is 11.6 Å². The first kappa shape index (κ1) is 21.6. The lowest BCUT2D eigenvalue weighted by Gasteiger charge is -2.29. The van der Waals surface area contributed by atoms with E-state index in [9.17, 15) is 19.5 Å². The monoisotopic (exact) mass is 389 g/mol. The zero-order chi connectivity index (χ0) is 21.1. The highest BCUT2D eigenvalue weighted by Gasteiger charge is 2.45. The molecule has 28 heavy (non-hydrogen) atoms. The molecule has 1 aliphatic rings. The van der Waals surface area contributed by atoms with E-state index in [1.54, 1.807) is 52.1 Å². The number of hydrogen-bond donors (Lipinski definition) is 1. The number of ketones is 1. The third-order valence-electron chi connectivity index (χ3n) is 4.41. The molecule has 0 aromatic heterocycles. The lowest BCUT2D eigenvalue weighted by atomic mass is 9.82. The summed E-state index contributed by atoms with van der Waals surface area (Å²) >= 11 is 0. The molecule has 1 unspecified atom stereocenters. The molecule has 0 aliphatic carbocycles. The van der Waals surface area contributed by atoms with Gasteiger partial charge in [0.2, 0.25) is 0 Å². The average molecular weight is 389 g/mol. The molecule has 0 fully saturated rings. The number of benzene rings is 1. The van der Waals surface area contributed by atoms with Crippen molar-refractivity contribution in [2.75, 3.05) is 20.3 Å². The topological polar surface area (TPSA) is 93.1 Å². The SMILES string of the molecule is COCCCN1C(=O)C(O)=C(C(=O)C(C)(C)C)C1c1cccc(OC(C)=O)c1. The number of Topliss-reactive ketones (excluding diaryl/α,β-unsaturated/α-hetero) is 1. The number of esters is 1. The number of hydrogen-bond acceptors (Lipinski definition) is 6. The second-order valence-electron chi connectivity index (χ2n) is 7.75. The molecule has 2 rings (SSSR count). The molecule has 0 saturated carbocycles.